The van der Waals surface area contributed by atoms with Crippen LogP contribution in [0.5, 0.6) is 0 Å². The first kappa shape index (κ1) is 10.8. The zero-order chi connectivity index (χ0) is 12.5. The van der Waals surface area contributed by atoms with Crippen LogP contribution < -0.4 is 5.53 Å². The Kier molecular flexibility index (Phi) is 2.49. The van der Waals surface area contributed by atoms with Crippen molar-refractivity contribution in [1.29, 1.82) is 0 Å². The maximum absolute atomic E-state index is 11.6. The number of hydrazine groups is 2. The van der Waals surface area contributed by atoms with Crippen LogP contribution in [0.4, 0.5) is 10.5 Å². The van der Waals surface area contributed by atoms with Crippen molar-refractivity contribution in [1.82, 2.24) is 15.6 Å². The number of carbonyl (C=O) groups is 1. The Balaban J connectivity index is 1.94. The van der Waals surface area contributed by atoms with E-state index in [1.54, 1.807) is 24.5 Å². The standard InChI is InChI=1S/C12H12N4O2/c1-2-18-12(17)15-7-11-9-5-3-4-6-10(9)13-8-16(11)14-15/h3-8,14H,2H2,1H3. The van der Waals surface area contributed by atoms with Gasteiger partial charge >= 0.3 is 6.09 Å². The van der Waals surface area contributed by atoms with Crippen molar-refractivity contribution < 1.29 is 9.53 Å². The summed E-state index contributed by atoms with van der Waals surface area (Å²) in [5.41, 5.74) is 5.59. The highest BCUT2D eigenvalue weighted by Crippen LogP contribution is 2.33. The number of nitrogens with zero attached hydrogens (tertiary/aromatic N) is 3. The SMILES string of the molecule is CCOC(=O)N1C=C2c3ccccc3N=CN2N1. The van der Waals surface area contributed by atoms with Gasteiger partial charge in [0.1, 0.15) is 6.34 Å². The Morgan fingerprint density at radius 1 is 1.44 bits per heavy atom. The van der Waals surface area contributed by atoms with Crippen LogP contribution in [0.15, 0.2) is 35.5 Å². The molecular formula is C12H12N4O2. The molecule has 0 spiro atoms. The Morgan fingerprint density at radius 3 is 3.11 bits per heavy atom. The molecule has 0 bridgehead atoms. The van der Waals surface area contributed by atoms with Gasteiger partial charge in [0, 0.05) is 5.56 Å². The van der Waals surface area contributed by atoms with Gasteiger partial charge in [0.05, 0.1) is 24.2 Å². The Hall–Kier alpha value is -2.34. The molecule has 1 amide bonds. The molecule has 3 rings (SSSR count). The fourth-order valence-corrected chi connectivity index (χ4v) is 1.88. The fourth-order valence-electron chi connectivity index (χ4n) is 1.88. The van der Waals surface area contributed by atoms with Crippen LogP contribution in [0.3, 0.4) is 0 Å². The van der Waals surface area contributed by atoms with Crippen LogP contribution in [0.25, 0.3) is 5.70 Å². The number of benzene rings is 1. The van der Waals surface area contributed by atoms with Crippen LogP contribution >= 0.6 is 0 Å². The molecule has 6 nitrogen and oxygen atoms in total. The Labute approximate surface area is 104 Å². The third-order valence-electron chi connectivity index (χ3n) is 2.68. The number of nitrogens with one attached hydrogen (secondary N) is 1. The summed E-state index contributed by atoms with van der Waals surface area (Å²) < 4.78 is 4.93. The molecule has 18 heavy (non-hydrogen) atoms. The van der Waals surface area contributed by atoms with Crippen LogP contribution in [0, 0.1) is 0 Å². The first-order chi connectivity index (χ1) is 8.79. The molecule has 2 aliphatic rings. The van der Waals surface area contributed by atoms with E-state index < -0.39 is 6.09 Å². The number of aliphatic imine (C=N–C) groups is 1. The van der Waals surface area contributed by atoms with E-state index in [2.05, 4.69) is 10.5 Å². The minimum absolute atomic E-state index is 0.338. The summed E-state index contributed by atoms with van der Waals surface area (Å²) in [5.74, 6) is 0. The molecule has 6 heteroatoms. The van der Waals surface area contributed by atoms with E-state index >= 15 is 0 Å². The van der Waals surface area contributed by atoms with Gasteiger partial charge < -0.3 is 4.74 Å². The molecule has 0 saturated heterocycles. The molecular weight excluding hydrogens is 232 g/mol. The molecule has 0 radical (unpaired) electrons. The van der Waals surface area contributed by atoms with E-state index in [0.29, 0.717) is 6.61 Å². The maximum Gasteiger partial charge on any atom is 0.430 e. The van der Waals surface area contributed by atoms with Crippen molar-refractivity contribution in [3.63, 3.8) is 0 Å². The Bertz CT molecular complexity index is 553. The van der Waals surface area contributed by atoms with Crippen molar-refractivity contribution in [3.8, 4) is 0 Å². The summed E-state index contributed by atoms with van der Waals surface area (Å²) in [6.45, 7) is 2.11. The number of fused-ring (bicyclic) bond motifs is 3. The molecule has 0 unspecified atom stereocenters. The second-order valence-corrected chi connectivity index (χ2v) is 3.81. The van der Waals surface area contributed by atoms with E-state index in [9.17, 15) is 4.79 Å². The van der Waals surface area contributed by atoms with Crippen molar-refractivity contribution in [2.75, 3.05) is 6.61 Å². The van der Waals surface area contributed by atoms with Crippen molar-refractivity contribution >= 4 is 23.8 Å². The van der Waals surface area contributed by atoms with Crippen molar-refractivity contribution in [2.45, 2.75) is 6.92 Å². The van der Waals surface area contributed by atoms with Gasteiger partial charge in [-0.3, -0.25) is 0 Å². The lowest BCUT2D eigenvalue weighted by molar-refractivity contribution is 0.0959. The number of amides is 1. The van der Waals surface area contributed by atoms with Crippen LogP contribution in [0.2, 0.25) is 0 Å². The predicted molar refractivity (Wildman–Crippen MR) is 66.4 cm³/mol. The monoisotopic (exact) mass is 244 g/mol. The van der Waals surface area contributed by atoms with Gasteiger partial charge in [-0.25, -0.2) is 14.8 Å². The van der Waals surface area contributed by atoms with Crippen molar-refractivity contribution in [2.24, 2.45) is 4.99 Å². The average molecular weight is 244 g/mol. The molecule has 1 aromatic carbocycles. The van der Waals surface area contributed by atoms with Gasteiger partial charge in [0.25, 0.3) is 0 Å². The molecule has 0 aromatic heterocycles. The molecule has 2 heterocycles. The first-order valence-electron chi connectivity index (χ1n) is 5.66. The van der Waals surface area contributed by atoms with E-state index in [0.717, 1.165) is 16.9 Å². The maximum atomic E-state index is 11.6. The van der Waals surface area contributed by atoms with Crippen LogP contribution in [-0.2, 0) is 4.74 Å². The number of para-hydroxylation sites is 1. The predicted octanol–water partition coefficient (Wildman–Crippen LogP) is 1.85. The number of carbonyl (C=O) groups excluding carboxylic acids is 1. The summed E-state index contributed by atoms with van der Waals surface area (Å²) in [6.07, 6.45) is 2.89. The molecule has 2 aliphatic heterocycles. The number of rotatable bonds is 1. The van der Waals surface area contributed by atoms with Crippen LogP contribution in [-0.4, -0.2) is 29.1 Å². The third-order valence-corrected chi connectivity index (χ3v) is 2.68. The number of hydrogen-bond donors (Lipinski definition) is 1. The number of hydrogen-bond acceptors (Lipinski definition) is 5. The zero-order valence-electron chi connectivity index (χ0n) is 9.83. The summed E-state index contributed by atoms with van der Waals surface area (Å²) >= 11 is 0. The van der Waals surface area contributed by atoms with Gasteiger partial charge in [0.2, 0.25) is 0 Å². The second kappa shape index (κ2) is 4.15. The third kappa shape index (κ3) is 1.63. The highest BCUT2D eigenvalue weighted by molar-refractivity contribution is 5.89. The minimum Gasteiger partial charge on any atom is -0.448 e. The first-order valence-corrected chi connectivity index (χ1v) is 5.66. The summed E-state index contributed by atoms with van der Waals surface area (Å²) in [6, 6.07) is 7.75. The zero-order valence-corrected chi connectivity index (χ0v) is 9.83. The van der Waals surface area contributed by atoms with Gasteiger partial charge in [-0.15, -0.1) is 5.53 Å². The van der Waals surface area contributed by atoms with Crippen LogP contribution in [0.1, 0.15) is 12.5 Å². The van der Waals surface area contributed by atoms with E-state index in [-0.39, 0.29) is 0 Å². The fraction of sp³-hybridized carbons (Fsp3) is 0.167. The normalized spacial score (nSPS) is 16.2. The van der Waals surface area contributed by atoms with Gasteiger partial charge in [-0.2, -0.15) is 5.01 Å². The van der Waals surface area contributed by atoms with Gasteiger partial charge in [0.15, 0.2) is 0 Å². The van der Waals surface area contributed by atoms with Gasteiger partial charge in [-0.1, -0.05) is 18.2 Å². The minimum atomic E-state index is -0.440. The molecule has 0 saturated carbocycles. The lowest BCUT2D eigenvalue weighted by atomic mass is 10.1. The molecule has 92 valence electrons. The Morgan fingerprint density at radius 2 is 2.28 bits per heavy atom. The van der Waals surface area contributed by atoms with E-state index in [1.165, 1.54) is 5.01 Å². The molecule has 0 aliphatic carbocycles. The smallest absolute Gasteiger partial charge is 0.430 e. The highest BCUT2D eigenvalue weighted by Gasteiger charge is 2.29. The van der Waals surface area contributed by atoms with E-state index in [1.807, 2.05) is 24.3 Å². The summed E-state index contributed by atoms with van der Waals surface area (Å²) in [4.78, 5) is 15.9. The van der Waals surface area contributed by atoms with Gasteiger partial charge in [-0.05, 0) is 13.0 Å². The lowest BCUT2D eigenvalue weighted by Gasteiger charge is -2.22. The number of ether oxygens (including phenoxy) is 1. The van der Waals surface area contributed by atoms with Crippen molar-refractivity contribution in [3.05, 3.63) is 36.0 Å². The average Bonchev–Trinajstić information content (AvgIpc) is 2.83. The van der Waals surface area contributed by atoms with E-state index in [4.69, 9.17) is 4.74 Å². The topological polar surface area (TPSA) is 57.2 Å². The largest absolute Gasteiger partial charge is 0.448 e. The molecule has 1 N–H and O–H groups in total. The second-order valence-electron chi connectivity index (χ2n) is 3.81. The quantitative estimate of drug-likeness (QED) is 0.819. The highest BCUT2D eigenvalue weighted by atomic mass is 16.6. The molecule has 1 aromatic rings. The summed E-state index contributed by atoms with van der Waals surface area (Å²) in [5, 5.41) is 2.98. The molecule has 0 fully saturated rings. The lowest BCUT2D eigenvalue weighted by Crippen LogP contribution is -2.43. The molecule has 0 atom stereocenters. The summed E-state index contributed by atoms with van der Waals surface area (Å²) in [7, 11) is 0.